The molecule has 138 valence electrons. The highest BCUT2D eigenvalue weighted by Crippen LogP contribution is 2.32. The van der Waals surface area contributed by atoms with Crippen molar-refractivity contribution < 1.29 is 14.0 Å². The summed E-state index contributed by atoms with van der Waals surface area (Å²) in [6, 6.07) is 10.6. The minimum absolute atomic E-state index is 0.0347. The van der Waals surface area contributed by atoms with Crippen LogP contribution < -0.4 is 5.32 Å². The molecular weight excluding hydrogens is 386 g/mol. The molecule has 0 saturated carbocycles. The van der Waals surface area contributed by atoms with Crippen molar-refractivity contribution >= 4 is 46.2 Å². The number of hydrogen-bond donors (Lipinski definition) is 1. The maximum atomic E-state index is 12.9. The van der Waals surface area contributed by atoms with Gasteiger partial charge in [0.15, 0.2) is 5.54 Å². The topological polar surface area (TPSA) is 75.4 Å². The zero-order chi connectivity index (χ0) is 19.2. The monoisotopic (exact) mass is 401 g/mol. The van der Waals surface area contributed by atoms with Crippen LogP contribution in [0.3, 0.4) is 0 Å². The summed E-state index contributed by atoms with van der Waals surface area (Å²) in [4.78, 5) is 32.0. The molecule has 27 heavy (non-hydrogen) atoms. The fraction of sp³-hybridized carbons (Fsp3) is 0.211. The smallest absolute Gasteiger partial charge is 0.325 e. The zero-order valence-corrected chi connectivity index (χ0v) is 16.2. The van der Waals surface area contributed by atoms with Gasteiger partial charge in [-0.25, -0.2) is 9.78 Å². The molecule has 1 N–H and O–H groups in total. The van der Waals surface area contributed by atoms with Crippen LogP contribution in [0.5, 0.6) is 0 Å². The summed E-state index contributed by atoms with van der Waals surface area (Å²) in [6.45, 7) is 1.66. The van der Waals surface area contributed by atoms with E-state index in [0.29, 0.717) is 11.3 Å². The number of imide groups is 1. The lowest BCUT2D eigenvalue weighted by atomic mass is 9.99. The number of nitrogens with zero attached hydrogens (tertiary/aromatic N) is 2. The van der Waals surface area contributed by atoms with E-state index in [-0.39, 0.29) is 11.7 Å². The summed E-state index contributed by atoms with van der Waals surface area (Å²) in [5.41, 5.74) is 0.145. The molecule has 8 heteroatoms. The Bertz CT molecular complexity index is 1050. The van der Waals surface area contributed by atoms with Gasteiger partial charge in [-0.15, -0.1) is 11.8 Å². The standard InChI is InChI=1S/C19H16ClN3O3S/c1-19(15-4-3-7-26-15)17(24)23(18(25)22-19)10-12-8-11-5-6-13(27-2)9-14(11)21-16(12)20/h3-9H,10H2,1-2H3,(H,22,25)/t19-/m1/s1. The number of furan rings is 1. The second kappa shape index (κ2) is 6.58. The molecule has 6 nitrogen and oxygen atoms in total. The Hall–Kier alpha value is -2.51. The van der Waals surface area contributed by atoms with Crippen molar-refractivity contribution in [3.8, 4) is 0 Å². The van der Waals surface area contributed by atoms with E-state index < -0.39 is 17.5 Å². The second-order valence-electron chi connectivity index (χ2n) is 6.42. The van der Waals surface area contributed by atoms with Crippen molar-refractivity contribution in [3.63, 3.8) is 0 Å². The fourth-order valence-corrected chi connectivity index (χ4v) is 3.78. The van der Waals surface area contributed by atoms with Crippen molar-refractivity contribution in [3.05, 3.63) is 59.1 Å². The minimum Gasteiger partial charge on any atom is -0.466 e. The number of rotatable bonds is 4. The van der Waals surface area contributed by atoms with E-state index in [2.05, 4.69) is 10.3 Å². The van der Waals surface area contributed by atoms with E-state index in [4.69, 9.17) is 16.0 Å². The van der Waals surface area contributed by atoms with Crippen molar-refractivity contribution in [2.45, 2.75) is 23.9 Å². The number of pyridine rings is 1. The van der Waals surface area contributed by atoms with E-state index in [1.807, 2.05) is 30.5 Å². The lowest BCUT2D eigenvalue weighted by molar-refractivity contribution is -0.132. The molecule has 4 rings (SSSR count). The molecule has 1 aliphatic rings. The van der Waals surface area contributed by atoms with Crippen LogP contribution in [-0.2, 0) is 16.9 Å². The first kappa shape index (κ1) is 17.9. The van der Waals surface area contributed by atoms with E-state index in [9.17, 15) is 9.59 Å². The van der Waals surface area contributed by atoms with E-state index >= 15 is 0 Å². The third-order valence-electron chi connectivity index (χ3n) is 4.67. The van der Waals surface area contributed by atoms with Crippen LogP contribution in [0.15, 0.2) is 52.0 Å². The number of nitrogens with one attached hydrogen (secondary N) is 1. The second-order valence-corrected chi connectivity index (χ2v) is 7.66. The lowest BCUT2D eigenvalue weighted by Gasteiger charge is -2.19. The van der Waals surface area contributed by atoms with Gasteiger partial charge in [-0.2, -0.15) is 0 Å². The summed E-state index contributed by atoms with van der Waals surface area (Å²) in [5.74, 6) is -0.00739. The average molecular weight is 402 g/mol. The molecule has 0 radical (unpaired) electrons. The molecule has 1 fully saturated rings. The van der Waals surface area contributed by atoms with Gasteiger partial charge >= 0.3 is 6.03 Å². The molecule has 0 unspecified atom stereocenters. The van der Waals surface area contributed by atoms with Crippen molar-refractivity contribution in [2.24, 2.45) is 0 Å². The first-order valence-corrected chi connectivity index (χ1v) is 9.84. The molecule has 1 aromatic carbocycles. The molecule has 3 amide bonds. The normalized spacial score (nSPS) is 19.7. The highest BCUT2D eigenvalue weighted by molar-refractivity contribution is 7.98. The first-order chi connectivity index (χ1) is 12.9. The van der Waals surface area contributed by atoms with Crippen LogP contribution >= 0.6 is 23.4 Å². The third-order valence-corrected chi connectivity index (χ3v) is 5.72. The Labute approximate surface area is 164 Å². The molecule has 2 aromatic heterocycles. The quantitative estimate of drug-likeness (QED) is 0.403. The summed E-state index contributed by atoms with van der Waals surface area (Å²) in [6.07, 6.45) is 3.46. The van der Waals surface area contributed by atoms with E-state index in [0.717, 1.165) is 20.7 Å². The maximum absolute atomic E-state index is 12.9. The Kier molecular flexibility index (Phi) is 4.36. The molecule has 1 atom stereocenters. The minimum atomic E-state index is -1.23. The Morgan fingerprint density at radius 3 is 2.81 bits per heavy atom. The van der Waals surface area contributed by atoms with Crippen LogP contribution in [0, 0.1) is 0 Å². The molecule has 0 bridgehead atoms. The van der Waals surface area contributed by atoms with Gasteiger partial charge in [0.1, 0.15) is 10.9 Å². The lowest BCUT2D eigenvalue weighted by Crippen LogP contribution is -2.40. The maximum Gasteiger partial charge on any atom is 0.325 e. The Morgan fingerprint density at radius 1 is 1.30 bits per heavy atom. The van der Waals surface area contributed by atoms with Gasteiger partial charge in [0.05, 0.1) is 18.3 Å². The summed E-state index contributed by atoms with van der Waals surface area (Å²) in [5, 5.41) is 3.87. The molecule has 1 aliphatic heterocycles. The van der Waals surface area contributed by atoms with Crippen LogP contribution in [0.2, 0.25) is 5.15 Å². The predicted octanol–water partition coefficient (Wildman–Crippen LogP) is 4.17. The number of hydrogen-bond acceptors (Lipinski definition) is 5. The summed E-state index contributed by atoms with van der Waals surface area (Å²) < 4.78 is 5.34. The Morgan fingerprint density at radius 2 is 2.11 bits per heavy atom. The summed E-state index contributed by atoms with van der Waals surface area (Å²) in [7, 11) is 0. The van der Waals surface area contributed by atoms with Crippen LogP contribution in [-0.4, -0.2) is 28.1 Å². The number of benzene rings is 1. The average Bonchev–Trinajstić information content (AvgIpc) is 3.26. The Balaban J connectivity index is 1.67. The van der Waals surface area contributed by atoms with Gasteiger partial charge in [0.25, 0.3) is 5.91 Å². The number of carbonyl (C=O) groups excluding carboxylic acids is 2. The molecular formula is C19H16ClN3O3S. The number of thioether (sulfide) groups is 1. The third kappa shape index (κ3) is 2.96. The highest BCUT2D eigenvalue weighted by atomic mass is 35.5. The largest absolute Gasteiger partial charge is 0.466 e. The van der Waals surface area contributed by atoms with E-state index in [1.165, 1.54) is 6.26 Å². The van der Waals surface area contributed by atoms with Gasteiger partial charge < -0.3 is 9.73 Å². The van der Waals surface area contributed by atoms with Gasteiger partial charge in [-0.1, -0.05) is 17.7 Å². The SMILES string of the molecule is CSc1ccc2cc(CN3C(=O)N[C@](C)(c4ccco4)C3=O)c(Cl)nc2c1. The fourth-order valence-electron chi connectivity index (χ4n) is 3.15. The number of halogens is 1. The van der Waals surface area contributed by atoms with Crippen LogP contribution in [0.1, 0.15) is 18.2 Å². The van der Waals surface area contributed by atoms with Gasteiger partial charge in [-0.05, 0) is 43.5 Å². The van der Waals surface area contributed by atoms with Crippen LogP contribution in [0.25, 0.3) is 10.9 Å². The molecule has 1 saturated heterocycles. The van der Waals surface area contributed by atoms with Crippen molar-refractivity contribution in [1.29, 1.82) is 0 Å². The first-order valence-electron chi connectivity index (χ1n) is 8.23. The van der Waals surface area contributed by atoms with Crippen molar-refractivity contribution in [2.75, 3.05) is 6.26 Å². The van der Waals surface area contributed by atoms with Gasteiger partial charge in [0.2, 0.25) is 0 Å². The highest BCUT2D eigenvalue weighted by Gasteiger charge is 2.51. The zero-order valence-electron chi connectivity index (χ0n) is 14.7. The predicted molar refractivity (Wildman–Crippen MR) is 104 cm³/mol. The summed E-state index contributed by atoms with van der Waals surface area (Å²) >= 11 is 7.96. The molecule has 3 aromatic rings. The van der Waals surface area contributed by atoms with Gasteiger partial charge in [0, 0.05) is 15.8 Å². The number of aromatic nitrogens is 1. The van der Waals surface area contributed by atoms with Gasteiger partial charge in [-0.3, -0.25) is 9.69 Å². The number of carbonyl (C=O) groups is 2. The number of fused-ring (bicyclic) bond motifs is 1. The molecule has 3 heterocycles. The molecule has 0 spiro atoms. The van der Waals surface area contributed by atoms with Crippen LogP contribution in [0.4, 0.5) is 4.79 Å². The molecule has 0 aliphatic carbocycles. The number of amides is 3. The van der Waals surface area contributed by atoms with Crippen molar-refractivity contribution in [1.82, 2.24) is 15.2 Å². The van der Waals surface area contributed by atoms with E-state index in [1.54, 1.807) is 30.8 Å². The number of urea groups is 1.